The van der Waals surface area contributed by atoms with Crippen molar-refractivity contribution in [1.82, 2.24) is 0 Å². The summed E-state index contributed by atoms with van der Waals surface area (Å²) in [6.07, 6.45) is 0. The van der Waals surface area contributed by atoms with Gasteiger partial charge in [0.1, 0.15) is 0 Å². The van der Waals surface area contributed by atoms with Crippen molar-refractivity contribution in [2.45, 2.75) is 0 Å². The van der Waals surface area contributed by atoms with E-state index in [1.807, 2.05) is 0 Å². The first-order valence-electron chi connectivity index (χ1n) is 3.20. The Morgan fingerprint density at radius 3 is 0.450 bits per heavy atom. The Labute approximate surface area is 122 Å². The molecule has 0 atom stereocenters. The summed E-state index contributed by atoms with van der Waals surface area (Å²) in [4.78, 5) is 53.6. The van der Waals surface area contributed by atoms with Gasteiger partial charge in [-0.25, -0.2) is 0 Å². The van der Waals surface area contributed by atoms with E-state index in [2.05, 4.69) is 0 Å². The molecule has 0 fully saturated rings. The third kappa shape index (κ3) is 36.1. The molecule has 0 saturated heterocycles. The molecule has 0 saturated carbocycles. The summed E-state index contributed by atoms with van der Waals surface area (Å²) in [5.41, 5.74) is 0. The number of carbonyl (C=O) groups excluding carboxylic acids is 6. The minimum atomic E-state index is -2.19. The average Bonchev–Trinajstić information content (AvgIpc) is 2.18. The maximum absolute atomic E-state index is 8.93. The quantitative estimate of drug-likeness (QED) is 0.299. The molecule has 0 N–H and O–H groups in total. The first-order chi connectivity index (χ1) is 7.93. The molecular formula is C6AlBO12. The summed E-state index contributed by atoms with van der Waals surface area (Å²) in [5, 5.41) is 53.6. The summed E-state index contributed by atoms with van der Waals surface area (Å²) in [6.45, 7) is 0. The normalized spacial score (nSPS) is 6.60. The standard InChI is InChI=1S/3C2H2O4.Al.B/c3*3-1(4)2(5)6;;/h3*(H,3,4)(H,5,6);;/q;;;2*+3/p-6. The molecule has 0 aromatic rings. The number of rotatable bonds is 0. The molecule has 0 unspecified atom stereocenters. The Kier molecular flexibility index (Phi) is 25.0. The molecule has 20 heavy (non-hydrogen) atoms. The minimum absolute atomic E-state index is 0. The zero-order chi connectivity index (χ0) is 15.5. The molecule has 0 aliphatic carbocycles. The minimum Gasteiger partial charge on any atom is -0.543 e. The van der Waals surface area contributed by atoms with Gasteiger partial charge in [-0.3, -0.25) is 0 Å². The van der Waals surface area contributed by atoms with E-state index in [0.29, 0.717) is 0 Å². The molecule has 0 rings (SSSR count). The Morgan fingerprint density at radius 1 is 0.400 bits per heavy atom. The predicted octanol–water partition coefficient (Wildman–Crippen LogP) is -11.3. The van der Waals surface area contributed by atoms with Gasteiger partial charge in [-0.05, 0) is 0 Å². The van der Waals surface area contributed by atoms with Crippen LogP contribution in [-0.4, -0.2) is 61.6 Å². The molecule has 0 aromatic carbocycles. The summed E-state index contributed by atoms with van der Waals surface area (Å²) < 4.78 is 0. The molecular weight excluding hydrogens is 302 g/mol. The average molecular weight is 302 g/mol. The van der Waals surface area contributed by atoms with Crippen LogP contribution in [-0.2, 0) is 28.8 Å². The smallest absolute Gasteiger partial charge is 0.543 e. The molecule has 14 heteroatoms. The summed E-state index contributed by atoms with van der Waals surface area (Å²) in [5.74, 6) is -13.1. The van der Waals surface area contributed by atoms with Crippen molar-refractivity contribution in [3.05, 3.63) is 0 Å². The van der Waals surface area contributed by atoms with Crippen LogP contribution >= 0.6 is 0 Å². The molecule has 12 nitrogen and oxygen atoms in total. The maximum Gasteiger partial charge on any atom is 3.00 e. The molecule has 0 heterocycles. The van der Waals surface area contributed by atoms with E-state index in [-0.39, 0.29) is 25.8 Å². The second kappa shape index (κ2) is 16.4. The van der Waals surface area contributed by atoms with Crippen molar-refractivity contribution in [2.24, 2.45) is 0 Å². The van der Waals surface area contributed by atoms with E-state index < -0.39 is 35.8 Å². The van der Waals surface area contributed by atoms with Gasteiger partial charge in [0.25, 0.3) is 0 Å². The van der Waals surface area contributed by atoms with Gasteiger partial charge in [0.2, 0.25) is 0 Å². The van der Waals surface area contributed by atoms with Crippen LogP contribution in [0.4, 0.5) is 0 Å². The van der Waals surface area contributed by atoms with E-state index >= 15 is 0 Å². The Balaban J connectivity index is -0.0000000536. The van der Waals surface area contributed by atoms with Gasteiger partial charge in [-0.2, -0.15) is 0 Å². The van der Waals surface area contributed by atoms with E-state index in [1.54, 1.807) is 0 Å². The van der Waals surface area contributed by atoms with E-state index in [0.717, 1.165) is 0 Å². The maximum atomic E-state index is 8.93. The van der Waals surface area contributed by atoms with Crippen LogP contribution in [0.15, 0.2) is 0 Å². The summed E-state index contributed by atoms with van der Waals surface area (Å²) in [6, 6.07) is 0. The number of hydrogen-bond acceptors (Lipinski definition) is 12. The molecule has 0 amide bonds. The summed E-state index contributed by atoms with van der Waals surface area (Å²) >= 11 is 0. The van der Waals surface area contributed by atoms with Crippen LogP contribution in [0.1, 0.15) is 0 Å². The molecule has 0 spiro atoms. The van der Waals surface area contributed by atoms with Crippen molar-refractivity contribution in [1.29, 1.82) is 0 Å². The topological polar surface area (TPSA) is 241 Å². The van der Waals surface area contributed by atoms with Gasteiger partial charge >= 0.3 is 25.8 Å². The van der Waals surface area contributed by atoms with E-state index in [1.165, 1.54) is 0 Å². The van der Waals surface area contributed by atoms with Crippen molar-refractivity contribution in [2.75, 3.05) is 0 Å². The zero-order valence-corrected chi connectivity index (χ0v) is 10.2. The van der Waals surface area contributed by atoms with Gasteiger partial charge in [-0.15, -0.1) is 0 Å². The molecule has 0 bridgehead atoms. The number of carboxylic acids is 6. The van der Waals surface area contributed by atoms with Crippen LogP contribution < -0.4 is 30.6 Å². The molecule has 0 aromatic heterocycles. The van der Waals surface area contributed by atoms with Crippen LogP contribution in [0, 0.1) is 0 Å². The van der Waals surface area contributed by atoms with Crippen molar-refractivity contribution in [3.63, 3.8) is 0 Å². The fourth-order valence-electron chi connectivity index (χ4n) is 0. The molecule has 0 aliphatic rings. The third-order valence-electron chi connectivity index (χ3n) is 0.500. The van der Waals surface area contributed by atoms with E-state index in [9.17, 15) is 0 Å². The van der Waals surface area contributed by atoms with Crippen LogP contribution in [0.5, 0.6) is 0 Å². The monoisotopic (exact) mass is 302 g/mol. The SMILES string of the molecule is O=C([O-])C(=O)[O-].O=C([O-])C(=O)[O-].O=C([O-])C(=O)[O-].[Al+3].[B+3]. The molecule has 102 valence electrons. The molecule has 0 radical (unpaired) electrons. The first kappa shape index (κ1) is 30.4. The Bertz CT molecular complexity index is 283. The number of carbonyl (C=O) groups is 6. The van der Waals surface area contributed by atoms with Gasteiger partial charge < -0.3 is 59.4 Å². The first-order valence-corrected chi connectivity index (χ1v) is 3.20. The van der Waals surface area contributed by atoms with E-state index in [4.69, 9.17) is 59.4 Å². The fraction of sp³-hybridized carbons (Fsp3) is 0. The van der Waals surface area contributed by atoms with Gasteiger partial charge in [0, 0.05) is 0 Å². The number of aliphatic carboxylic acids is 6. The molecule has 0 aliphatic heterocycles. The Morgan fingerprint density at radius 2 is 0.450 bits per heavy atom. The van der Waals surface area contributed by atoms with Crippen LogP contribution in [0.3, 0.4) is 0 Å². The van der Waals surface area contributed by atoms with Crippen molar-refractivity contribution >= 4 is 61.6 Å². The summed E-state index contributed by atoms with van der Waals surface area (Å²) in [7, 11) is 0. The van der Waals surface area contributed by atoms with Gasteiger partial charge in [-0.1, -0.05) is 0 Å². The van der Waals surface area contributed by atoms with Crippen molar-refractivity contribution in [3.8, 4) is 0 Å². The predicted molar refractivity (Wildman–Crippen MR) is 41.5 cm³/mol. The third-order valence-corrected chi connectivity index (χ3v) is 0.500. The number of hydrogen-bond donors (Lipinski definition) is 0. The van der Waals surface area contributed by atoms with Gasteiger partial charge in [0.05, 0.1) is 35.8 Å². The Hall–Kier alpha value is -2.58. The second-order valence-corrected chi connectivity index (χ2v) is 1.72. The van der Waals surface area contributed by atoms with Crippen LogP contribution in [0.2, 0.25) is 0 Å². The number of carboxylic acid groups (broad SMARTS) is 6. The largest absolute Gasteiger partial charge is 3.00 e. The van der Waals surface area contributed by atoms with Crippen LogP contribution in [0.25, 0.3) is 0 Å². The zero-order valence-electron chi connectivity index (χ0n) is 9.05. The second-order valence-electron chi connectivity index (χ2n) is 1.72. The van der Waals surface area contributed by atoms with Gasteiger partial charge in [0.15, 0.2) is 0 Å². The fourth-order valence-corrected chi connectivity index (χ4v) is 0. The van der Waals surface area contributed by atoms with Crippen molar-refractivity contribution < 1.29 is 59.4 Å².